The number of fused-ring (bicyclic) bond motifs is 1. The first-order valence-electron chi connectivity index (χ1n) is 9.88. The number of carbonyl (C=O) groups excluding carboxylic acids is 2. The standard InChI is InChI=1S/C25H19N5O2/c1-29(2)21-10-11-23-22(15-21)27-16-30(23)13-12-17-4-3-5-20(14-17)28-25(32)19-8-6-18(7-9-19)24(26)31/h3-11,14-16H,1-2H3,(H-2,26,28,31,32)/p+2. The summed E-state index contributed by atoms with van der Waals surface area (Å²) in [4.78, 5) is 25.7. The number of nitrogens with zero attached hydrogens (tertiary/aromatic N) is 3. The molecule has 156 valence electrons. The Morgan fingerprint density at radius 2 is 1.75 bits per heavy atom. The number of primary amides is 1. The molecule has 1 heterocycles. The fourth-order valence-corrected chi connectivity index (χ4v) is 3.16. The molecule has 0 radical (unpaired) electrons. The van der Waals surface area contributed by atoms with Crippen LogP contribution in [0.2, 0.25) is 0 Å². The minimum Gasteiger partial charge on any atom is -0.377 e. The van der Waals surface area contributed by atoms with Crippen LogP contribution in [0.1, 0.15) is 26.3 Å². The molecule has 1 aliphatic heterocycles. The Bertz CT molecular complexity index is 1450. The first kappa shape index (κ1) is 20.6. The molecule has 0 fully saturated rings. The number of hydrogen-bond donors (Lipinski definition) is 2. The lowest BCUT2D eigenvalue weighted by Gasteiger charge is -2.08. The second kappa shape index (κ2) is 8.60. The van der Waals surface area contributed by atoms with Crippen LogP contribution in [-0.2, 0) is 0 Å². The molecule has 0 unspecified atom stereocenters. The van der Waals surface area contributed by atoms with Crippen LogP contribution in [0.5, 0.6) is 0 Å². The molecule has 3 N–H and O–H groups in total. The van der Waals surface area contributed by atoms with Crippen molar-refractivity contribution in [3.63, 3.8) is 0 Å². The monoisotopic (exact) mass is 423 g/mol. The Morgan fingerprint density at radius 3 is 2.47 bits per heavy atom. The molecule has 7 nitrogen and oxygen atoms in total. The van der Waals surface area contributed by atoms with Crippen molar-refractivity contribution in [1.29, 1.82) is 0 Å². The van der Waals surface area contributed by atoms with Crippen molar-refractivity contribution >= 4 is 29.5 Å². The van der Waals surface area contributed by atoms with E-state index in [1.807, 2.05) is 49.3 Å². The number of nitrogens with two attached hydrogens (primary N) is 1. The van der Waals surface area contributed by atoms with Crippen molar-refractivity contribution in [2.24, 2.45) is 5.73 Å². The van der Waals surface area contributed by atoms with Crippen LogP contribution < -0.4 is 35.9 Å². The third kappa shape index (κ3) is 4.41. The van der Waals surface area contributed by atoms with E-state index in [-0.39, 0.29) is 5.91 Å². The van der Waals surface area contributed by atoms with Crippen molar-refractivity contribution in [2.45, 2.75) is 0 Å². The van der Waals surface area contributed by atoms with Gasteiger partial charge in [-0.2, -0.15) is 0 Å². The van der Waals surface area contributed by atoms with Gasteiger partial charge in [0.2, 0.25) is 12.0 Å². The van der Waals surface area contributed by atoms with Crippen LogP contribution >= 0.6 is 0 Å². The van der Waals surface area contributed by atoms with Gasteiger partial charge in [-0.15, -0.1) is 0 Å². The van der Waals surface area contributed by atoms with E-state index in [0.29, 0.717) is 16.8 Å². The molecule has 0 atom stereocenters. The topological polar surface area (TPSA) is 92.5 Å². The van der Waals surface area contributed by atoms with Crippen LogP contribution in [0.3, 0.4) is 0 Å². The van der Waals surface area contributed by atoms with Gasteiger partial charge in [-0.05, 0) is 57.8 Å². The van der Waals surface area contributed by atoms with E-state index in [4.69, 9.17) is 5.73 Å². The molecule has 0 saturated carbocycles. The maximum absolute atomic E-state index is 12.5. The van der Waals surface area contributed by atoms with Gasteiger partial charge < -0.3 is 16.0 Å². The maximum Gasteiger partial charge on any atom is 0.537 e. The molecule has 2 amide bonds. The van der Waals surface area contributed by atoms with Crippen LogP contribution in [0.4, 0.5) is 11.4 Å². The van der Waals surface area contributed by atoms with Gasteiger partial charge in [0.1, 0.15) is 0 Å². The number of carbonyl (C=O) groups is 2. The van der Waals surface area contributed by atoms with Gasteiger partial charge in [0.25, 0.3) is 5.91 Å². The molecule has 1 aliphatic rings. The van der Waals surface area contributed by atoms with Gasteiger partial charge in [0.05, 0.1) is 6.07 Å². The first-order valence-corrected chi connectivity index (χ1v) is 9.88. The normalized spacial score (nSPS) is 11.1. The highest BCUT2D eigenvalue weighted by Gasteiger charge is 2.19. The van der Waals surface area contributed by atoms with E-state index in [0.717, 1.165) is 22.0 Å². The maximum atomic E-state index is 12.5. The molecule has 0 bridgehead atoms. The van der Waals surface area contributed by atoms with Gasteiger partial charge in [0, 0.05) is 54.1 Å². The summed E-state index contributed by atoms with van der Waals surface area (Å²) in [6.45, 7) is 0. The molecular formula is C25H21N5O2+2. The molecule has 0 aromatic heterocycles. The Balaban J connectivity index is 1.53. The lowest BCUT2D eigenvalue weighted by Crippen LogP contribution is -2.33. The summed E-state index contributed by atoms with van der Waals surface area (Å²) in [6.07, 6.45) is 1.69. The quantitative estimate of drug-likeness (QED) is 0.360. The predicted octanol–water partition coefficient (Wildman–Crippen LogP) is 0.333. The average Bonchev–Trinajstić information content (AvgIpc) is 3.20. The number of hydrogen-bond acceptors (Lipinski definition) is 3. The zero-order valence-corrected chi connectivity index (χ0v) is 17.7. The van der Waals surface area contributed by atoms with E-state index in [2.05, 4.69) is 21.9 Å². The van der Waals surface area contributed by atoms with Gasteiger partial charge >= 0.3 is 17.1 Å². The molecule has 4 rings (SSSR count). The molecule has 3 aromatic carbocycles. The summed E-state index contributed by atoms with van der Waals surface area (Å²) in [5.74, 6) is 2.29. The van der Waals surface area contributed by atoms with Crippen LogP contribution in [0.15, 0.2) is 66.7 Å². The zero-order valence-electron chi connectivity index (χ0n) is 17.7. The molecule has 0 spiro atoms. The largest absolute Gasteiger partial charge is 0.537 e. The number of nitrogens with one attached hydrogen (secondary N) is 1. The van der Waals surface area contributed by atoms with E-state index in [9.17, 15) is 9.59 Å². The van der Waals surface area contributed by atoms with Gasteiger partial charge in [-0.1, -0.05) is 6.07 Å². The SMILES string of the molecule is CN(C)c1ccc2c(c1)=[N+]=C[N+]=2C#Cc1cccc(NC(=O)c2ccc(C(N)=O)cc2)c1. The van der Waals surface area contributed by atoms with E-state index >= 15 is 0 Å². The lowest BCUT2D eigenvalue weighted by atomic mass is 10.1. The Morgan fingerprint density at radius 1 is 1.00 bits per heavy atom. The fourth-order valence-electron chi connectivity index (χ4n) is 3.16. The second-order valence-corrected chi connectivity index (χ2v) is 7.40. The second-order valence-electron chi connectivity index (χ2n) is 7.40. The summed E-state index contributed by atoms with van der Waals surface area (Å²) in [6, 6.07) is 22.6. The number of benzene rings is 3. The van der Waals surface area contributed by atoms with Crippen molar-refractivity contribution in [2.75, 3.05) is 24.3 Å². The van der Waals surface area contributed by atoms with Crippen LogP contribution in [-0.4, -0.2) is 32.2 Å². The van der Waals surface area contributed by atoms with Crippen LogP contribution in [0.25, 0.3) is 0 Å². The van der Waals surface area contributed by atoms with Crippen molar-refractivity contribution in [3.8, 4) is 12.0 Å². The minimum absolute atomic E-state index is 0.288. The highest BCUT2D eigenvalue weighted by atomic mass is 16.2. The van der Waals surface area contributed by atoms with Crippen LogP contribution in [0, 0.1) is 12.0 Å². The highest BCUT2D eigenvalue weighted by molar-refractivity contribution is 6.05. The Kier molecular flexibility index (Phi) is 5.54. The van der Waals surface area contributed by atoms with Gasteiger partial charge in [-0.25, -0.2) is 0 Å². The summed E-state index contributed by atoms with van der Waals surface area (Å²) in [5.41, 5.74) is 8.45. The van der Waals surface area contributed by atoms with E-state index in [1.54, 1.807) is 35.2 Å². The molecular weight excluding hydrogens is 402 g/mol. The van der Waals surface area contributed by atoms with Gasteiger partial charge in [0.15, 0.2) is 0 Å². The summed E-state index contributed by atoms with van der Waals surface area (Å²) in [7, 11) is 3.97. The molecule has 3 aromatic rings. The molecule has 7 heteroatoms. The predicted molar refractivity (Wildman–Crippen MR) is 125 cm³/mol. The number of rotatable bonds is 4. The number of anilines is 2. The zero-order chi connectivity index (χ0) is 22.7. The van der Waals surface area contributed by atoms with E-state index in [1.165, 1.54) is 12.1 Å². The lowest BCUT2D eigenvalue weighted by molar-refractivity contribution is 0.0995. The summed E-state index contributed by atoms with van der Waals surface area (Å²) < 4.78 is 6.21. The Hall–Kier alpha value is -4.66. The van der Waals surface area contributed by atoms with E-state index < -0.39 is 5.91 Å². The van der Waals surface area contributed by atoms with Crippen molar-refractivity contribution < 1.29 is 9.59 Å². The molecule has 0 saturated heterocycles. The fraction of sp³-hybridized carbons (Fsp3) is 0.0800. The summed E-state index contributed by atoms with van der Waals surface area (Å²) in [5, 5.41) is 4.63. The third-order valence-corrected chi connectivity index (χ3v) is 4.92. The van der Waals surface area contributed by atoms with Gasteiger partial charge in [-0.3, -0.25) is 9.59 Å². The molecule has 32 heavy (non-hydrogen) atoms. The average molecular weight is 423 g/mol. The first-order chi connectivity index (χ1) is 15.4. The summed E-state index contributed by atoms with van der Waals surface area (Å²) >= 11 is 0. The highest BCUT2D eigenvalue weighted by Crippen LogP contribution is 2.12. The van der Waals surface area contributed by atoms with Crippen molar-refractivity contribution in [1.82, 2.24) is 9.24 Å². The molecule has 0 aliphatic carbocycles. The third-order valence-electron chi connectivity index (χ3n) is 4.92. The Labute approximate surface area is 184 Å². The number of amides is 2. The smallest absolute Gasteiger partial charge is 0.377 e. The van der Waals surface area contributed by atoms with Crippen molar-refractivity contribution in [3.05, 3.63) is 94.1 Å². The minimum atomic E-state index is -0.535.